The largest absolute Gasteiger partial charge is 0.375 e. The van der Waals surface area contributed by atoms with Gasteiger partial charge in [0, 0.05) is 56.8 Å². The Morgan fingerprint density at radius 3 is 2.96 bits per heavy atom. The molecular weight excluding hydrogens is 345 g/mol. The van der Waals surface area contributed by atoms with Crippen LogP contribution < -0.4 is 5.32 Å². The summed E-state index contributed by atoms with van der Waals surface area (Å²) in [7, 11) is 0. The van der Waals surface area contributed by atoms with E-state index in [-0.39, 0.29) is 17.8 Å². The first-order chi connectivity index (χ1) is 13.2. The lowest BCUT2D eigenvalue weighted by Crippen LogP contribution is -2.53. The van der Waals surface area contributed by atoms with E-state index < -0.39 is 0 Å². The van der Waals surface area contributed by atoms with E-state index in [1.165, 1.54) is 6.07 Å². The number of hydrogen-bond donors (Lipinski definition) is 1. The highest BCUT2D eigenvalue weighted by Gasteiger charge is 2.37. The van der Waals surface area contributed by atoms with Crippen LogP contribution >= 0.6 is 0 Å². The van der Waals surface area contributed by atoms with E-state index in [0.29, 0.717) is 18.5 Å². The molecule has 1 aromatic carbocycles. The second-order valence-corrected chi connectivity index (χ2v) is 8.03. The van der Waals surface area contributed by atoms with Crippen LogP contribution in [-0.2, 0) is 16.1 Å². The fraction of sp³-hybridized carbons (Fsp3) is 0.667. The zero-order chi connectivity index (χ0) is 18.6. The van der Waals surface area contributed by atoms with E-state index in [9.17, 15) is 9.18 Å². The lowest BCUT2D eigenvalue weighted by atomic mass is 9.82. The van der Waals surface area contributed by atoms with Gasteiger partial charge in [0.15, 0.2) is 0 Å². The van der Waals surface area contributed by atoms with Crippen LogP contribution in [0, 0.1) is 11.7 Å². The summed E-state index contributed by atoms with van der Waals surface area (Å²) < 4.78 is 19.8. The summed E-state index contributed by atoms with van der Waals surface area (Å²) in [5, 5.41) is 3.52. The molecular formula is C21H30FN3O2. The van der Waals surface area contributed by atoms with E-state index in [0.717, 1.165) is 70.6 Å². The van der Waals surface area contributed by atoms with Crippen LogP contribution in [0.25, 0.3) is 0 Å². The van der Waals surface area contributed by atoms with Crippen molar-refractivity contribution in [1.82, 2.24) is 15.1 Å². The second kappa shape index (κ2) is 8.67. The highest BCUT2D eigenvalue weighted by atomic mass is 19.1. The molecule has 3 aliphatic rings. The molecule has 1 amide bonds. The Kier molecular flexibility index (Phi) is 6.05. The molecule has 0 radical (unpaired) electrons. The first kappa shape index (κ1) is 18.8. The van der Waals surface area contributed by atoms with Crippen molar-refractivity contribution in [2.24, 2.45) is 5.92 Å². The van der Waals surface area contributed by atoms with Gasteiger partial charge in [0.25, 0.3) is 0 Å². The Morgan fingerprint density at radius 1 is 1.19 bits per heavy atom. The molecule has 148 valence electrons. The van der Waals surface area contributed by atoms with Crippen molar-refractivity contribution in [3.8, 4) is 0 Å². The van der Waals surface area contributed by atoms with Gasteiger partial charge < -0.3 is 15.0 Å². The highest BCUT2D eigenvalue weighted by molar-refractivity contribution is 5.79. The number of carbonyl (C=O) groups is 1. The quantitative estimate of drug-likeness (QED) is 0.878. The number of carbonyl (C=O) groups excluding carboxylic acids is 1. The Bertz CT molecular complexity index is 656. The van der Waals surface area contributed by atoms with Crippen molar-refractivity contribution < 1.29 is 13.9 Å². The Hall–Kier alpha value is -1.50. The number of halogens is 1. The van der Waals surface area contributed by atoms with Crippen molar-refractivity contribution in [3.63, 3.8) is 0 Å². The molecule has 1 aromatic rings. The smallest absolute Gasteiger partial charge is 0.225 e. The fourth-order valence-electron chi connectivity index (χ4n) is 4.71. The first-order valence-corrected chi connectivity index (χ1v) is 10.3. The Morgan fingerprint density at radius 2 is 2.07 bits per heavy atom. The average Bonchev–Trinajstić information content (AvgIpc) is 2.94. The van der Waals surface area contributed by atoms with E-state index >= 15 is 0 Å². The lowest BCUT2D eigenvalue weighted by molar-refractivity contribution is -0.138. The van der Waals surface area contributed by atoms with Crippen LogP contribution in [0.2, 0.25) is 0 Å². The molecule has 4 rings (SSSR count). The molecule has 3 atom stereocenters. The summed E-state index contributed by atoms with van der Waals surface area (Å²) in [6, 6.07) is 7.29. The van der Waals surface area contributed by atoms with Gasteiger partial charge in [0.1, 0.15) is 5.82 Å². The fourth-order valence-corrected chi connectivity index (χ4v) is 4.71. The van der Waals surface area contributed by atoms with Crippen LogP contribution in [0.4, 0.5) is 4.39 Å². The van der Waals surface area contributed by atoms with E-state index in [1.54, 1.807) is 6.07 Å². The van der Waals surface area contributed by atoms with Crippen LogP contribution in [-0.4, -0.2) is 67.2 Å². The molecule has 0 spiro atoms. The number of nitrogens with zero attached hydrogens (tertiary/aromatic N) is 2. The number of nitrogens with one attached hydrogen (secondary N) is 1. The molecule has 1 saturated carbocycles. The molecule has 6 heteroatoms. The van der Waals surface area contributed by atoms with Gasteiger partial charge in [-0.15, -0.1) is 0 Å². The number of ether oxygens (including phenoxy) is 1. The SMILES string of the molecule is O=C([C@H]1CC[C@H]2OCCN[C@@H]2C1)N1CCCN(Cc2ccccc2F)CC1. The molecule has 1 N–H and O–H groups in total. The number of morpholine rings is 1. The Balaban J connectivity index is 1.31. The minimum Gasteiger partial charge on any atom is -0.375 e. The maximum atomic E-state index is 13.9. The van der Waals surface area contributed by atoms with Gasteiger partial charge in [-0.05, 0) is 31.7 Å². The molecule has 0 bridgehead atoms. The molecule has 3 fully saturated rings. The third-order valence-corrected chi connectivity index (χ3v) is 6.23. The third kappa shape index (κ3) is 4.50. The van der Waals surface area contributed by atoms with E-state index in [4.69, 9.17) is 4.74 Å². The van der Waals surface area contributed by atoms with Gasteiger partial charge in [0.2, 0.25) is 5.91 Å². The van der Waals surface area contributed by atoms with Gasteiger partial charge in [-0.3, -0.25) is 9.69 Å². The summed E-state index contributed by atoms with van der Waals surface area (Å²) in [6.45, 7) is 5.54. The number of rotatable bonds is 3. The zero-order valence-electron chi connectivity index (χ0n) is 15.9. The number of hydrogen-bond acceptors (Lipinski definition) is 4. The van der Waals surface area contributed by atoms with Crippen LogP contribution in [0.5, 0.6) is 0 Å². The summed E-state index contributed by atoms with van der Waals surface area (Å²) in [5.41, 5.74) is 0.735. The summed E-state index contributed by atoms with van der Waals surface area (Å²) in [4.78, 5) is 17.4. The van der Waals surface area contributed by atoms with Gasteiger partial charge in [-0.1, -0.05) is 18.2 Å². The molecule has 0 aromatic heterocycles. The number of fused-ring (bicyclic) bond motifs is 1. The predicted octanol–water partition coefficient (Wildman–Crippen LogP) is 2.02. The lowest BCUT2D eigenvalue weighted by Gasteiger charge is -2.40. The van der Waals surface area contributed by atoms with Gasteiger partial charge in [0.05, 0.1) is 12.7 Å². The highest BCUT2D eigenvalue weighted by Crippen LogP contribution is 2.30. The van der Waals surface area contributed by atoms with Crippen molar-refractivity contribution in [2.45, 2.75) is 44.4 Å². The zero-order valence-corrected chi connectivity index (χ0v) is 15.9. The molecule has 5 nitrogen and oxygen atoms in total. The molecule has 1 aliphatic carbocycles. The summed E-state index contributed by atoms with van der Waals surface area (Å²) in [6.07, 6.45) is 4.01. The predicted molar refractivity (Wildman–Crippen MR) is 102 cm³/mol. The van der Waals surface area contributed by atoms with Crippen LogP contribution in [0.3, 0.4) is 0 Å². The molecule has 2 saturated heterocycles. The molecule has 0 unspecified atom stereocenters. The maximum Gasteiger partial charge on any atom is 0.225 e. The van der Waals surface area contributed by atoms with E-state index in [1.807, 2.05) is 17.0 Å². The standard InChI is InChI=1S/C21H30FN3O2/c22-18-5-2-1-4-17(18)15-24-9-3-10-25(12-11-24)21(26)16-6-7-20-19(14-16)23-8-13-27-20/h1-2,4-5,16,19-20,23H,3,6-15H2/t16-,19+,20+/m0/s1. The van der Waals surface area contributed by atoms with Crippen LogP contribution in [0.15, 0.2) is 24.3 Å². The summed E-state index contributed by atoms with van der Waals surface area (Å²) in [5.74, 6) is 0.265. The third-order valence-electron chi connectivity index (χ3n) is 6.23. The van der Waals surface area contributed by atoms with Crippen molar-refractivity contribution >= 4 is 5.91 Å². The molecule has 27 heavy (non-hydrogen) atoms. The van der Waals surface area contributed by atoms with Gasteiger partial charge >= 0.3 is 0 Å². The van der Waals surface area contributed by atoms with Crippen molar-refractivity contribution in [1.29, 1.82) is 0 Å². The van der Waals surface area contributed by atoms with E-state index in [2.05, 4.69) is 10.2 Å². The van der Waals surface area contributed by atoms with Gasteiger partial charge in [-0.25, -0.2) is 4.39 Å². The number of benzene rings is 1. The van der Waals surface area contributed by atoms with Crippen molar-refractivity contribution in [2.75, 3.05) is 39.3 Å². The van der Waals surface area contributed by atoms with Crippen LogP contribution in [0.1, 0.15) is 31.2 Å². The Labute approximate surface area is 160 Å². The monoisotopic (exact) mass is 375 g/mol. The maximum absolute atomic E-state index is 13.9. The average molecular weight is 375 g/mol. The molecule has 2 aliphatic heterocycles. The first-order valence-electron chi connectivity index (χ1n) is 10.3. The number of amides is 1. The molecule has 2 heterocycles. The minimum atomic E-state index is -0.145. The topological polar surface area (TPSA) is 44.8 Å². The van der Waals surface area contributed by atoms with Gasteiger partial charge in [-0.2, -0.15) is 0 Å². The summed E-state index contributed by atoms with van der Waals surface area (Å²) >= 11 is 0. The minimum absolute atomic E-state index is 0.110. The van der Waals surface area contributed by atoms with Crippen molar-refractivity contribution in [3.05, 3.63) is 35.6 Å². The normalized spacial score (nSPS) is 29.8. The second-order valence-electron chi connectivity index (χ2n) is 8.03.